The zero-order chi connectivity index (χ0) is 20.2. The Hall–Kier alpha value is -2.50. The molecule has 0 aliphatic carbocycles. The number of aliphatic hydroxyl groups is 1. The molecule has 27 heavy (non-hydrogen) atoms. The van der Waals surface area contributed by atoms with Gasteiger partial charge < -0.3 is 10.4 Å². The van der Waals surface area contributed by atoms with Crippen LogP contribution in [0.4, 0.5) is 18.9 Å². The standard InChI is InChI=1S/C19H17F3N2O2S/c1-12-3-7-15(8-4-12)27-11-18(2,26)17(25)24-14-6-5-13(10-23)16(9-14)19(20,21)22/h3-9,26H,11H2,1-2H3,(H,24,25)/t18-/m1/s1. The molecule has 0 bridgehead atoms. The number of aryl methyl sites for hydroxylation is 1. The van der Waals surface area contributed by atoms with Crippen molar-refractivity contribution >= 4 is 23.4 Å². The van der Waals surface area contributed by atoms with Crippen molar-refractivity contribution < 1.29 is 23.1 Å². The van der Waals surface area contributed by atoms with Crippen LogP contribution in [0, 0.1) is 18.3 Å². The van der Waals surface area contributed by atoms with Gasteiger partial charge in [0.25, 0.3) is 5.91 Å². The Morgan fingerprint density at radius 2 is 1.85 bits per heavy atom. The fraction of sp³-hybridized carbons (Fsp3) is 0.263. The topological polar surface area (TPSA) is 73.1 Å². The first-order valence-corrected chi connectivity index (χ1v) is 8.86. The lowest BCUT2D eigenvalue weighted by Gasteiger charge is -2.22. The monoisotopic (exact) mass is 394 g/mol. The molecule has 0 radical (unpaired) electrons. The number of anilines is 1. The van der Waals surface area contributed by atoms with Crippen LogP contribution in [0.15, 0.2) is 47.4 Å². The van der Waals surface area contributed by atoms with Gasteiger partial charge in [0.15, 0.2) is 0 Å². The van der Waals surface area contributed by atoms with Crippen LogP contribution in [0.2, 0.25) is 0 Å². The zero-order valence-electron chi connectivity index (χ0n) is 14.6. The number of rotatable bonds is 5. The summed E-state index contributed by atoms with van der Waals surface area (Å²) in [4.78, 5) is 13.2. The quantitative estimate of drug-likeness (QED) is 0.739. The van der Waals surface area contributed by atoms with E-state index in [9.17, 15) is 23.1 Å². The molecular weight excluding hydrogens is 377 g/mol. The van der Waals surface area contributed by atoms with Crippen LogP contribution < -0.4 is 5.32 Å². The Kier molecular flexibility index (Phi) is 6.19. The highest BCUT2D eigenvalue weighted by Gasteiger charge is 2.35. The van der Waals surface area contributed by atoms with E-state index in [-0.39, 0.29) is 11.4 Å². The maximum absolute atomic E-state index is 13.0. The summed E-state index contributed by atoms with van der Waals surface area (Å²) >= 11 is 1.25. The summed E-state index contributed by atoms with van der Waals surface area (Å²) in [5.74, 6) is -0.815. The molecule has 0 aliphatic heterocycles. The summed E-state index contributed by atoms with van der Waals surface area (Å²) in [6, 6.07) is 11.8. The smallest absolute Gasteiger partial charge is 0.379 e. The molecule has 0 unspecified atom stereocenters. The van der Waals surface area contributed by atoms with Crippen LogP contribution in [0.5, 0.6) is 0 Å². The van der Waals surface area contributed by atoms with E-state index in [1.807, 2.05) is 31.2 Å². The average Bonchev–Trinajstić information content (AvgIpc) is 2.60. The largest absolute Gasteiger partial charge is 0.417 e. The first kappa shape index (κ1) is 20.8. The number of alkyl halides is 3. The fourth-order valence-corrected chi connectivity index (χ4v) is 3.05. The highest BCUT2D eigenvalue weighted by Crippen LogP contribution is 2.34. The lowest BCUT2D eigenvalue weighted by molar-refractivity contribution is -0.137. The molecule has 8 heteroatoms. The Morgan fingerprint density at radius 1 is 1.22 bits per heavy atom. The van der Waals surface area contributed by atoms with Gasteiger partial charge in [0.05, 0.1) is 17.2 Å². The lowest BCUT2D eigenvalue weighted by Crippen LogP contribution is -2.42. The summed E-state index contributed by atoms with van der Waals surface area (Å²) in [6.07, 6.45) is -4.73. The van der Waals surface area contributed by atoms with E-state index >= 15 is 0 Å². The molecule has 2 aromatic rings. The molecule has 2 N–H and O–H groups in total. The van der Waals surface area contributed by atoms with Crippen molar-refractivity contribution in [3.8, 4) is 6.07 Å². The van der Waals surface area contributed by atoms with Crippen molar-refractivity contribution in [2.45, 2.75) is 30.5 Å². The molecule has 0 saturated carbocycles. The van der Waals surface area contributed by atoms with Crippen LogP contribution in [0.3, 0.4) is 0 Å². The highest BCUT2D eigenvalue weighted by molar-refractivity contribution is 7.99. The van der Waals surface area contributed by atoms with Gasteiger partial charge in [0.1, 0.15) is 5.60 Å². The van der Waals surface area contributed by atoms with Crippen molar-refractivity contribution in [2.75, 3.05) is 11.1 Å². The summed E-state index contributed by atoms with van der Waals surface area (Å²) in [5.41, 5.74) is -2.56. The Bertz CT molecular complexity index is 872. The Labute approximate surface area is 159 Å². The first-order valence-electron chi connectivity index (χ1n) is 7.87. The van der Waals surface area contributed by atoms with E-state index in [1.54, 1.807) is 0 Å². The Morgan fingerprint density at radius 3 is 2.41 bits per heavy atom. The molecule has 2 aromatic carbocycles. The van der Waals surface area contributed by atoms with Crippen molar-refractivity contribution in [1.29, 1.82) is 5.26 Å². The van der Waals surface area contributed by atoms with E-state index < -0.39 is 28.8 Å². The van der Waals surface area contributed by atoms with Gasteiger partial charge in [-0.05, 0) is 44.2 Å². The zero-order valence-corrected chi connectivity index (χ0v) is 15.4. The summed E-state index contributed by atoms with van der Waals surface area (Å²) in [5, 5.41) is 21.5. The van der Waals surface area contributed by atoms with Crippen molar-refractivity contribution in [1.82, 2.24) is 0 Å². The molecule has 0 heterocycles. The van der Waals surface area contributed by atoms with Gasteiger partial charge in [0.2, 0.25) is 0 Å². The number of thioether (sulfide) groups is 1. The molecular formula is C19H17F3N2O2S. The minimum atomic E-state index is -4.73. The van der Waals surface area contributed by atoms with Crippen molar-refractivity contribution in [3.05, 3.63) is 59.2 Å². The lowest BCUT2D eigenvalue weighted by atomic mass is 10.1. The molecule has 0 aliphatic rings. The number of benzene rings is 2. The van der Waals surface area contributed by atoms with Crippen LogP contribution in [0.25, 0.3) is 0 Å². The minimum Gasteiger partial charge on any atom is -0.379 e. The molecule has 2 rings (SSSR count). The number of amides is 1. The second kappa shape index (κ2) is 8.03. The maximum Gasteiger partial charge on any atom is 0.417 e. The molecule has 4 nitrogen and oxygen atoms in total. The van der Waals surface area contributed by atoms with Crippen LogP contribution in [0.1, 0.15) is 23.6 Å². The molecule has 1 amide bonds. The number of nitrogens with one attached hydrogen (secondary N) is 1. The summed E-state index contributed by atoms with van der Waals surface area (Å²) in [6.45, 7) is 3.22. The number of carbonyl (C=O) groups is 1. The highest BCUT2D eigenvalue weighted by atomic mass is 32.2. The number of hydrogen-bond acceptors (Lipinski definition) is 4. The van der Waals surface area contributed by atoms with E-state index in [1.165, 1.54) is 30.8 Å². The van der Waals surface area contributed by atoms with E-state index in [0.717, 1.165) is 16.5 Å². The van der Waals surface area contributed by atoms with E-state index in [2.05, 4.69) is 5.32 Å². The number of nitriles is 1. The van der Waals surface area contributed by atoms with Gasteiger partial charge in [-0.3, -0.25) is 4.79 Å². The second-order valence-electron chi connectivity index (χ2n) is 6.20. The predicted molar refractivity (Wildman–Crippen MR) is 97.3 cm³/mol. The van der Waals surface area contributed by atoms with Crippen LogP contribution >= 0.6 is 11.8 Å². The minimum absolute atomic E-state index is 0.0182. The number of nitrogens with zero attached hydrogens (tertiary/aromatic N) is 1. The van der Waals surface area contributed by atoms with Gasteiger partial charge in [-0.2, -0.15) is 18.4 Å². The van der Waals surface area contributed by atoms with Gasteiger partial charge in [-0.1, -0.05) is 17.7 Å². The second-order valence-corrected chi connectivity index (χ2v) is 7.25. The molecule has 0 spiro atoms. The molecule has 0 fully saturated rings. The number of halogens is 3. The van der Waals surface area contributed by atoms with E-state index in [4.69, 9.17) is 5.26 Å². The van der Waals surface area contributed by atoms with Gasteiger partial charge in [-0.25, -0.2) is 0 Å². The third-order valence-corrected chi connectivity index (χ3v) is 5.05. The third-order valence-electron chi connectivity index (χ3n) is 3.73. The first-order chi connectivity index (χ1) is 12.5. The van der Waals surface area contributed by atoms with Crippen LogP contribution in [-0.2, 0) is 11.0 Å². The predicted octanol–water partition coefficient (Wildman–Crippen LogP) is 4.37. The summed E-state index contributed by atoms with van der Waals surface area (Å²) in [7, 11) is 0. The molecule has 142 valence electrons. The Balaban J connectivity index is 2.11. The van der Waals surface area contributed by atoms with Crippen LogP contribution in [-0.4, -0.2) is 22.4 Å². The molecule has 0 aromatic heterocycles. The van der Waals surface area contributed by atoms with Crippen molar-refractivity contribution in [2.24, 2.45) is 0 Å². The van der Waals surface area contributed by atoms with Crippen molar-refractivity contribution in [3.63, 3.8) is 0 Å². The average molecular weight is 394 g/mol. The SMILES string of the molecule is Cc1ccc(SC[C@@](C)(O)C(=O)Nc2ccc(C#N)c(C(F)(F)F)c2)cc1. The molecule has 1 atom stereocenters. The fourth-order valence-electron chi connectivity index (χ4n) is 2.14. The van der Waals surface area contributed by atoms with E-state index in [0.29, 0.717) is 6.07 Å². The summed E-state index contributed by atoms with van der Waals surface area (Å²) < 4.78 is 39.0. The van der Waals surface area contributed by atoms with Gasteiger partial charge in [0, 0.05) is 16.3 Å². The third kappa shape index (κ3) is 5.49. The maximum atomic E-state index is 13.0. The van der Waals surface area contributed by atoms with Gasteiger partial charge in [-0.15, -0.1) is 11.8 Å². The normalized spacial score (nSPS) is 13.5. The molecule has 0 saturated heterocycles. The number of carbonyl (C=O) groups excluding carboxylic acids is 1. The van der Waals surface area contributed by atoms with Gasteiger partial charge >= 0.3 is 6.18 Å². The number of hydrogen-bond donors (Lipinski definition) is 2.